The van der Waals surface area contributed by atoms with E-state index in [2.05, 4.69) is 10.3 Å². The van der Waals surface area contributed by atoms with Gasteiger partial charge in [0.2, 0.25) is 5.91 Å². The fraction of sp³-hybridized carbons (Fsp3) is 0.174. The molecule has 2 aromatic carbocycles. The van der Waals surface area contributed by atoms with Gasteiger partial charge in [-0.2, -0.15) is 0 Å². The van der Waals surface area contributed by atoms with Gasteiger partial charge >= 0.3 is 0 Å². The molecular formula is C23H21N3O4S. The molecule has 0 atom stereocenters. The minimum Gasteiger partial charge on any atom is -0.494 e. The van der Waals surface area contributed by atoms with E-state index < -0.39 is 0 Å². The molecule has 0 aliphatic carbocycles. The largest absolute Gasteiger partial charge is 0.494 e. The second-order valence-corrected chi connectivity index (χ2v) is 7.61. The predicted molar refractivity (Wildman–Crippen MR) is 120 cm³/mol. The Hall–Kier alpha value is -3.65. The third-order valence-electron chi connectivity index (χ3n) is 4.50. The van der Waals surface area contributed by atoms with Crippen molar-refractivity contribution in [1.82, 2.24) is 10.3 Å². The molecule has 0 spiro atoms. The molecule has 8 heteroatoms. The molecule has 0 bridgehead atoms. The molecule has 2 amide bonds. The maximum atomic E-state index is 13.2. The SMILES string of the molecule is CCOc1ccc(N(C(=O)CCNC(=O)c2ccco2)c2nc3ccccc3s2)cc1. The molecular weight excluding hydrogens is 414 g/mol. The lowest BCUT2D eigenvalue weighted by atomic mass is 10.2. The Kier molecular flexibility index (Phi) is 6.28. The fourth-order valence-corrected chi connectivity index (χ4v) is 4.07. The van der Waals surface area contributed by atoms with Gasteiger partial charge in [-0.1, -0.05) is 23.5 Å². The topological polar surface area (TPSA) is 84.7 Å². The molecule has 7 nitrogen and oxygen atoms in total. The van der Waals surface area contributed by atoms with Crippen LogP contribution in [0.4, 0.5) is 10.8 Å². The van der Waals surface area contributed by atoms with E-state index in [1.807, 2.05) is 55.5 Å². The third kappa shape index (κ3) is 4.75. The summed E-state index contributed by atoms with van der Waals surface area (Å²) in [6.45, 7) is 2.66. The molecule has 158 valence electrons. The van der Waals surface area contributed by atoms with Crippen molar-refractivity contribution in [2.24, 2.45) is 0 Å². The minimum absolute atomic E-state index is 0.107. The Balaban J connectivity index is 1.55. The normalized spacial score (nSPS) is 10.7. The summed E-state index contributed by atoms with van der Waals surface area (Å²) in [5.74, 6) is 0.406. The van der Waals surface area contributed by atoms with Crippen molar-refractivity contribution < 1.29 is 18.7 Å². The van der Waals surface area contributed by atoms with E-state index in [1.165, 1.54) is 17.6 Å². The highest BCUT2D eigenvalue weighted by atomic mass is 32.1. The number of furan rings is 1. The average molecular weight is 436 g/mol. The van der Waals surface area contributed by atoms with E-state index in [-0.39, 0.29) is 30.5 Å². The van der Waals surface area contributed by atoms with Gasteiger partial charge < -0.3 is 14.5 Å². The maximum absolute atomic E-state index is 13.2. The van der Waals surface area contributed by atoms with Crippen molar-refractivity contribution in [3.05, 3.63) is 72.7 Å². The van der Waals surface area contributed by atoms with E-state index in [1.54, 1.807) is 17.0 Å². The lowest BCUT2D eigenvalue weighted by Gasteiger charge is -2.20. The van der Waals surface area contributed by atoms with Crippen LogP contribution in [0.15, 0.2) is 71.3 Å². The van der Waals surface area contributed by atoms with Crippen LogP contribution >= 0.6 is 11.3 Å². The standard InChI is InChI=1S/C23H21N3O4S/c1-2-29-17-11-9-16(10-12-17)26(23-25-18-6-3-4-8-20(18)31-23)21(27)13-14-24-22(28)19-7-5-15-30-19/h3-12,15H,2,13-14H2,1H3,(H,24,28). The number of anilines is 2. The average Bonchev–Trinajstić information content (AvgIpc) is 3.45. The number of para-hydroxylation sites is 1. The van der Waals surface area contributed by atoms with E-state index >= 15 is 0 Å². The first-order valence-electron chi connectivity index (χ1n) is 9.89. The van der Waals surface area contributed by atoms with Crippen LogP contribution in [-0.4, -0.2) is 29.9 Å². The Morgan fingerprint density at radius 3 is 2.61 bits per heavy atom. The molecule has 0 fully saturated rings. The lowest BCUT2D eigenvalue weighted by molar-refractivity contribution is -0.117. The van der Waals surface area contributed by atoms with Crippen LogP contribution in [-0.2, 0) is 4.79 Å². The fourth-order valence-electron chi connectivity index (χ4n) is 3.06. The molecule has 0 aliphatic rings. The van der Waals surface area contributed by atoms with Gasteiger partial charge in [-0.05, 0) is 55.5 Å². The van der Waals surface area contributed by atoms with Gasteiger partial charge in [0.1, 0.15) is 5.75 Å². The van der Waals surface area contributed by atoms with Crippen molar-refractivity contribution in [2.75, 3.05) is 18.1 Å². The molecule has 0 unspecified atom stereocenters. The number of thiazole rings is 1. The van der Waals surface area contributed by atoms with Gasteiger partial charge in [-0.3, -0.25) is 14.5 Å². The van der Waals surface area contributed by atoms with Gasteiger partial charge in [-0.15, -0.1) is 0 Å². The van der Waals surface area contributed by atoms with Gasteiger partial charge in [0.05, 0.1) is 28.8 Å². The van der Waals surface area contributed by atoms with Crippen molar-refractivity contribution >= 4 is 44.2 Å². The summed E-state index contributed by atoms with van der Waals surface area (Å²) in [7, 11) is 0. The summed E-state index contributed by atoms with van der Waals surface area (Å²) >= 11 is 1.44. The van der Waals surface area contributed by atoms with Gasteiger partial charge in [-0.25, -0.2) is 4.98 Å². The molecule has 31 heavy (non-hydrogen) atoms. The third-order valence-corrected chi connectivity index (χ3v) is 5.52. The quantitative estimate of drug-likeness (QED) is 0.431. The highest BCUT2D eigenvalue weighted by Gasteiger charge is 2.22. The Morgan fingerprint density at radius 1 is 1.10 bits per heavy atom. The molecule has 0 radical (unpaired) electrons. The number of benzene rings is 2. The van der Waals surface area contributed by atoms with Gasteiger partial charge in [0.25, 0.3) is 5.91 Å². The van der Waals surface area contributed by atoms with Crippen molar-refractivity contribution in [3.8, 4) is 5.75 Å². The summed E-state index contributed by atoms with van der Waals surface area (Å²) in [4.78, 5) is 31.5. The zero-order valence-corrected chi connectivity index (χ0v) is 17.7. The summed E-state index contributed by atoms with van der Waals surface area (Å²) in [6.07, 6.45) is 1.54. The molecule has 4 aromatic rings. The molecule has 2 aromatic heterocycles. The number of nitrogens with one attached hydrogen (secondary N) is 1. The number of nitrogens with zero attached hydrogens (tertiary/aromatic N) is 2. The molecule has 4 rings (SSSR count). The van der Waals surface area contributed by atoms with Crippen molar-refractivity contribution in [3.63, 3.8) is 0 Å². The molecule has 0 aliphatic heterocycles. The molecule has 0 saturated heterocycles. The van der Waals surface area contributed by atoms with E-state index in [0.29, 0.717) is 17.4 Å². The smallest absolute Gasteiger partial charge is 0.286 e. The maximum Gasteiger partial charge on any atom is 0.286 e. The first-order chi connectivity index (χ1) is 15.2. The number of fused-ring (bicyclic) bond motifs is 1. The number of ether oxygens (including phenoxy) is 1. The molecule has 0 saturated carbocycles. The monoisotopic (exact) mass is 435 g/mol. The Morgan fingerprint density at radius 2 is 1.90 bits per heavy atom. The number of carbonyl (C=O) groups excluding carboxylic acids is 2. The lowest BCUT2D eigenvalue weighted by Crippen LogP contribution is -2.31. The Labute approximate surface area is 183 Å². The highest BCUT2D eigenvalue weighted by Crippen LogP contribution is 2.34. The van der Waals surface area contributed by atoms with Crippen LogP contribution in [0.5, 0.6) is 5.75 Å². The van der Waals surface area contributed by atoms with Crippen LogP contribution in [0.2, 0.25) is 0 Å². The molecule has 1 N–H and O–H groups in total. The highest BCUT2D eigenvalue weighted by molar-refractivity contribution is 7.22. The second kappa shape index (κ2) is 9.44. The number of carbonyl (C=O) groups is 2. The van der Waals surface area contributed by atoms with Crippen LogP contribution in [0.1, 0.15) is 23.9 Å². The number of rotatable bonds is 8. The van der Waals surface area contributed by atoms with Gasteiger partial charge in [0.15, 0.2) is 10.9 Å². The van der Waals surface area contributed by atoms with Crippen molar-refractivity contribution in [2.45, 2.75) is 13.3 Å². The van der Waals surface area contributed by atoms with Crippen LogP contribution in [0, 0.1) is 0 Å². The van der Waals surface area contributed by atoms with Gasteiger partial charge in [0, 0.05) is 13.0 Å². The first kappa shape index (κ1) is 20.6. The molecule has 2 heterocycles. The number of amides is 2. The van der Waals surface area contributed by atoms with E-state index in [4.69, 9.17) is 9.15 Å². The van der Waals surface area contributed by atoms with Crippen molar-refractivity contribution in [1.29, 1.82) is 0 Å². The van der Waals surface area contributed by atoms with Crippen LogP contribution in [0.25, 0.3) is 10.2 Å². The summed E-state index contributed by atoms with van der Waals surface area (Å²) in [6, 6.07) is 18.3. The summed E-state index contributed by atoms with van der Waals surface area (Å²) in [5.41, 5.74) is 1.52. The minimum atomic E-state index is -0.356. The Bertz CT molecular complexity index is 1140. The van der Waals surface area contributed by atoms with Crippen LogP contribution < -0.4 is 15.0 Å². The zero-order chi connectivity index (χ0) is 21.6. The zero-order valence-electron chi connectivity index (χ0n) is 16.9. The second-order valence-electron chi connectivity index (χ2n) is 6.60. The summed E-state index contributed by atoms with van der Waals surface area (Å²) in [5, 5.41) is 3.29. The number of hydrogen-bond donors (Lipinski definition) is 1. The predicted octanol–water partition coefficient (Wildman–Crippen LogP) is 4.77. The van der Waals surface area contributed by atoms with E-state index in [9.17, 15) is 9.59 Å². The number of aromatic nitrogens is 1. The summed E-state index contributed by atoms with van der Waals surface area (Å²) < 4.78 is 11.6. The number of hydrogen-bond acceptors (Lipinski definition) is 6. The van der Waals surface area contributed by atoms with Crippen LogP contribution in [0.3, 0.4) is 0 Å². The van der Waals surface area contributed by atoms with E-state index in [0.717, 1.165) is 16.0 Å². The first-order valence-corrected chi connectivity index (χ1v) is 10.7.